The molecule has 0 saturated heterocycles. The number of ether oxygens (including phenoxy) is 1. The van der Waals surface area contributed by atoms with Gasteiger partial charge in [-0.25, -0.2) is 9.97 Å². The van der Waals surface area contributed by atoms with Crippen LogP contribution in [0.25, 0.3) is 0 Å². The van der Waals surface area contributed by atoms with Gasteiger partial charge in [0.15, 0.2) is 5.82 Å². The van der Waals surface area contributed by atoms with E-state index < -0.39 is 0 Å². The van der Waals surface area contributed by atoms with Gasteiger partial charge in [0.1, 0.15) is 5.60 Å². The van der Waals surface area contributed by atoms with Gasteiger partial charge in [-0.2, -0.15) is 0 Å². The van der Waals surface area contributed by atoms with E-state index in [1.54, 1.807) is 0 Å². The van der Waals surface area contributed by atoms with Crippen molar-refractivity contribution in [3.8, 4) is 0 Å². The standard InChI is InChI=1S/C16H27N3O/c1-4-20-16(9-7-5-6-8-10-16)15-18-13(2)11-14(19-15)12-17-3/h11,17H,4-10,12H2,1-3H3. The maximum atomic E-state index is 6.18. The number of hydrogen-bond donors (Lipinski definition) is 1. The molecule has 0 aromatic carbocycles. The molecule has 0 unspecified atom stereocenters. The largest absolute Gasteiger partial charge is 0.367 e. The van der Waals surface area contributed by atoms with Gasteiger partial charge in [-0.15, -0.1) is 0 Å². The summed E-state index contributed by atoms with van der Waals surface area (Å²) in [6, 6.07) is 2.05. The first-order chi connectivity index (χ1) is 9.70. The Kier molecular flexibility index (Phi) is 5.49. The molecule has 0 bridgehead atoms. The first-order valence-electron chi connectivity index (χ1n) is 7.84. The van der Waals surface area contributed by atoms with E-state index in [4.69, 9.17) is 14.7 Å². The molecule has 20 heavy (non-hydrogen) atoms. The van der Waals surface area contributed by atoms with E-state index in [1.807, 2.05) is 14.0 Å². The quantitative estimate of drug-likeness (QED) is 0.840. The van der Waals surface area contributed by atoms with Gasteiger partial charge < -0.3 is 10.1 Å². The van der Waals surface area contributed by atoms with Crippen LogP contribution in [0.15, 0.2) is 6.07 Å². The highest BCUT2D eigenvalue weighted by Crippen LogP contribution is 2.37. The lowest BCUT2D eigenvalue weighted by molar-refractivity contribution is -0.0626. The third-order valence-corrected chi connectivity index (χ3v) is 4.00. The normalized spacial score (nSPS) is 18.8. The summed E-state index contributed by atoms with van der Waals surface area (Å²) in [4.78, 5) is 9.49. The van der Waals surface area contributed by atoms with Crippen molar-refractivity contribution in [1.82, 2.24) is 15.3 Å². The summed E-state index contributed by atoms with van der Waals surface area (Å²) in [5.74, 6) is 0.895. The Morgan fingerprint density at radius 1 is 1.20 bits per heavy atom. The molecule has 2 rings (SSSR count). The van der Waals surface area contributed by atoms with Crippen molar-refractivity contribution in [3.63, 3.8) is 0 Å². The van der Waals surface area contributed by atoms with Crippen LogP contribution in [0, 0.1) is 6.92 Å². The van der Waals surface area contributed by atoms with Crippen molar-refractivity contribution < 1.29 is 4.74 Å². The van der Waals surface area contributed by atoms with Gasteiger partial charge in [-0.3, -0.25) is 0 Å². The fourth-order valence-corrected chi connectivity index (χ4v) is 3.12. The predicted octanol–water partition coefficient (Wildman–Crippen LogP) is 3.09. The first-order valence-corrected chi connectivity index (χ1v) is 7.84. The number of nitrogens with zero attached hydrogens (tertiary/aromatic N) is 2. The molecule has 112 valence electrons. The van der Waals surface area contributed by atoms with Crippen molar-refractivity contribution in [2.75, 3.05) is 13.7 Å². The monoisotopic (exact) mass is 277 g/mol. The van der Waals surface area contributed by atoms with Crippen LogP contribution in [0.2, 0.25) is 0 Å². The molecule has 1 N–H and O–H groups in total. The van der Waals surface area contributed by atoms with Crippen LogP contribution in [-0.2, 0) is 16.9 Å². The lowest BCUT2D eigenvalue weighted by Crippen LogP contribution is -2.32. The summed E-state index contributed by atoms with van der Waals surface area (Å²) in [5.41, 5.74) is 1.82. The Balaban J connectivity index is 2.36. The minimum Gasteiger partial charge on any atom is -0.367 e. The predicted molar refractivity (Wildman–Crippen MR) is 80.5 cm³/mol. The second-order valence-electron chi connectivity index (χ2n) is 5.70. The highest BCUT2D eigenvalue weighted by atomic mass is 16.5. The van der Waals surface area contributed by atoms with Crippen LogP contribution in [0.4, 0.5) is 0 Å². The van der Waals surface area contributed by atoms with Gasteiger partial charge in [-0.1, -0.05) is 25.7 Å². The molecule has 1 heterocycles. The van der Waals surface area contributed by atoms with E-state index in [-0.39, 0.29) is 5.60 Å². The van der Waals surface area contributed by atoms with Crippen LogP contribution >= 0.6 is 0 Å². The van der Waals surface area contributed by atoms with Crippen molar-refractivity contribution in [3.05, 3.63) is 23.3 Å². The van der Waals surface area contributed by atoms with E-state index >= 15 is 0 Å². The molecule has 0 aliphatic heterocycles. The molecule has 0 atom stereocenters. The summed E-state index contributed by atoms with van der Waals surface area (Å²) < 4.78 is 6.18. The molecule has 0 amide bonds. The van der Waals surface area contributed by atoms with Crippen LogP contribution in [0.3, 0.4) is 0 Å². The minimum atomic E-state index is -0.264. The second-order valence-corrected chi connectivity index (χ2v) is 5.70. The molecule has 0 spiro atoms. The number of aryl methyl sites for hydroxylation is 1. The van der Waals surface area contributed by atoms with E-state index in [0.29, 0.717) is 0 Å². The fraction of sp³-hybridized carbons (Fsp3) is 0.750. The average molecular weight is 277 g/mol. The number of rotatable bonds is 5. The second kappa shape index (κ2) is 7.14. The zero-order valence-corrected chi connectivity index (χ0v) is 13.0. The molecule has 1 aliphatic carbocycles. The van der Waals surface area contributed by atoms with E-state index in [9.17, 15) is 0 Å². The molecule has 1 aliphatic rings. The van der Waals surface area contributed by atoms with Gasteiger partial charge in [0.05, 0.1) is 5.69 Å². The van der Waals surface area contributed by atoms with Gasteiger partial charge >= 0.3 is 0 Å². The first kappa shape index (κ1) is 15.4. The Morgan fingerprint density at radius 2 is 1.90 bits per heavy atom. The molecule has 0 radical (unpaired) electrons. The van der Waals surface area contributed by atoms with Crippen LogP contribution in [0.5, 0.6) is 0 Å². The third kappa shape index (κ3) is 3.55. The van der Waals surface area contributed by atoms with Gasteiger partial charge in [-0.05, 0) is 39.8 Å². The number of hydrogen-bond acceptors (Lipinski definition) is 4. The molecule has 1 aromatic rings. The minimum absolute atomic E-state index is 0.264. The topological polar surface area (TPSA) is 47.0 Å². The summed E-state index contributed by atoms with van der Waals surface area (Å²) in [5, 5.41) is 3.17. The summed E-state index contributed by atoms with van der Waals surface area (Å²) in [6.45, 7) is 5.61. The van der Waals surface area contributed by atoms with Crippen molar-refractivity contribution in [1.29, 1.82) is 0 Å². The Bertz CT molecular complexity index is 426. The molecule has 4 nitrogen and oxygen atoms in total. The zero-order valence-electron chi connectivity index (χ0n) is 13.0. The smallest absolute Gasteiger partial charge is 0.160 e. The molecule has 1 aromatic heterocycles. The Labute approximate surface area is 122 Å². The molecular formula is C16H27N3O. The van der Waals surface area contributed by atoms with Crippen LogP contribution < -0.4 is 5.32 Å². The highest BCUT2D eigenvalue weighted by molar-refractivity contribution is 5.14. The lowest BCUT2D eigenvalue weighted by Gasteiger charge is -2.31. The van der Waals surface area contributed by atoms with Crippen molar-refractivity contribution in [2.24, 2.45) is 0 Å². The van der Waals surface area contributed by atoms with E-state index in [0.717, 1.165) is 43.2 Å². The van der Waals surface area contributed by atoms with Gasteiger partial charge in [0, 0.05) is 18.8 Å². The summed E-state index contributed by atoms with van der Waals surface area (Å²) >= 11 is 0. The highest BCUT2D eigenvalue weighted by Gasteiger charge is 2.36. The van der Waals surface area contributed by atoms with E-state index in [1.165, 1.54) is 25.7 Å². The van der Waals surface area contributed by atoms with Crippen LogP contribution in [0.1, 0.15) is 62.7 Å². The fourth-order valence-electron chi connectivity index (χ4n) is 3.12. The summed E-state index contributed by atoms with van der Waals surface area (Å²) in [6.07, 6.45) is 7.10. The zero-order chi connectivity index (χ0) is 14.4. The van der Waals surface area contributed by atoms with Crippen LogP contribution in [-0.4, -0.2) is 23.6 Å². The Morgan fingerprint density at radius 3 is 2.50 bits per heavy atom. The average Bonchev–Trinajstić information content (AvgIpc) is 2.65. The maximum absolute atomic E-state index is 6.18. The van der Waals surface area contributed by atoms with Crippen molar-refractivity contribution >= 4 is 0 Å². The van der Waals surface area contributed by atoms with E-state index in [2.05, 4.69) is 18.3 Å². The number of nitrogens with one attached hydrogen (secondary N) is 1. The number of aromatic nitrogens is 2. The molecular weight excluding hydrogens is 250 g/mol. The maximum Gasteiger partial charge on any atom is 0.160 e. The lowest BCUT2D eigenvalue weighted by atomic mass is 9.92. The summed E-state index contributed by atoms with van der Waals surface area (Å²) in [7, 11) is 1.95. The molecule has 4 heteroatoms. The van der Waals surface area contributed by atoms with Crippen molar-refractivity contribution in [2.45, 2.75) is 64.5 Å². The molecule has 1 fully saturated rings. The van der Waals surface area contributed by atoms with Gasteiger partial charge in [0.2, 0.25) is 0 Å². The Hall–Kier alpha value is -1.00. The third-order valence-electron chi connectivity index (χ3n) is 4.00. The molecule has 1 saturated carbocycles. The van der Waals surface area contributed by atoms with Gasteiger partial charge in [0.25, 0.3) is 0 Å². The SMILES string of the molecule is CCOC1(c2nc(C)cc(CNC)n2)CCCCCC1.